The Bertz CT molecular complexity index is 1010. The van der Waals surface area contributed by atoms with E-state index in [0.29, 0.717) is 5.56 Å². The monoisotopic (exact) mass is 429 g/mol. The Hall–Kier alpha value is -3.31. The van der Waals surface area contributed by atoms with Gasteiger partial charge >= 0.3 is 0 Å². The topological polar surface area (TPSA) is 44.8 Å². The summed E-state index contributed by atoms with van der Waals surface area (Å²) in [5, 5.41) is 3.08. The molecule has 4 rings (SSSR count). The number of nitrogens with zero attached hydrogens (tertiary/aromatic N) is 2. The summed E-state index contributed by atoms with van der Waals surface area (Å²) in [5.74, 6) is 0.884. The van der Waals surface area contributed by atoms with E-state index < -0.39 is 0 Å². The summed E-state index contributed by atoms with van der Waals surface area (Å²) in [5.41, 5.74) is 4.18. The van der Waals surface area contributed by atoms with Crippen molar-refractivity contribution in [2.75, 3.05) is 38.2 Å². The molecule has 1 saturated heterocycles. The molecule has 1 heterocycles. The average Bonchev–Trinajstić information content (AvgIpc) is 2.85. The standard InChI is InChI=1S/C27H31N3O2/c1-21(23-8-4-3-5-9-23)28-27(31)24-14-12-22(13-15-24)20-29-16-18-30(19-17-29)25-10-6-7-11-26(25)32-2/h3-15,21H,16-20H2,1-2H3,(H,28,31)/t21-/m1/s1. The molecule has 0 unspecified atom stereocenters. The van der Waals surface area contributed by atoms with Crippen LogP contribution in [0.15, 0.2) is 78.9 Å². The molecule has 3 aromatic rings. The zero-order chi connectivity index (χ0) is 22.3. The highest BCUT2D eigenvalue weighted by Crippen LogP contribution is 2.28. The van der Waals surface area contributed by atoms with E-state index in [0.717, 1.165) is 49.7 Å². The molecule has 1 aliphatic rings. The highest BCUT2D eigenvalue weighted by atomic mass is 16.5. The molecule has 1 amide bonds. The number of hydrogen-bond donors (Lipinski definition) is 1. The Labute approximate surface area is 190 Å². The smallest absolute Gasteiger partial charge is 0.251 e. The van der Waals surface area contributed by atoms with Crippen LogP contribution in [0.3, 0.4) is 0 Å². The summed E-state index contributed by atoms with van der Waals surface area (Å²) in [6, 6.07) is 26.2. The average molecular weight is 430 g/mol. The number of carbonyl (C=O) groups is 1. The third kappa shape index (κ3) is 5.29. The summed E-state index contributed by atoms with van der Waals surface area (Å²) < 4.78 is 5.51. The summed E-state index contributed by atoms with van der Waals surface area (Å²) in [6.45, 7) is 6.83. The van der Waals surface area contributed by atoms with Crippen LogP contribution in [0.4, 0.5) is 5.69 Å². The molecule has 0 radical (unpaired) electrons. The first kappa shape index (κ1) is 21.9. The summed E-state index contributed by atoms with van der Waals surface area (Å²) in [4.78, 5) is 17.5. The van der Waals surface area contributed by atoms with E-state index >= 15 is 0 Å². The maximum Gasteiger partial charge on any atom is 0.251 e. The molecule has 1 N–H and O–H groups in total. The van der Waals surface area contributed by atoms with E-state index in [9.17, 15) is 4.79 Å². The highest BCUT2D eigenvalue weighted by molar-refractivity contribution is 5.94. The Morgan fingerprint density at radius 1 is 0.906 bits per heavy atom. The van der Waals surface area contributed by atoms with Crippen molar-refractivity contribution < 1.29 is 9.53 Å². The van der Waals surface area contributed by atoms with Gasteiger partial charge in [-0.25, -0.2) is 0 Å². The molecule has 1 aliphatic heterocycles. The number of rotatable bonds is 7. The van der Waals surface area contributed by atoms with Crippen LogP contribution in [0.2, 0.25) is 0 Å². The number of piperazine rings is 1. The number of carbonyl (C=O) groups excluding carboxylic acids is 1. The van der Waals surface area contributed by atoms with Crippen molar-refractivity contribution in [3.05, 3.63) is 95.6 Å². The Morgan fingerprint density at radius 3 is 2.25 bits per heavy atom. The van der Waals surface area contributed by atoms with E-state index in [-0.39, 0.29) is 11.9 Å². The SMILES string of the molecule is COc1ccccc1N1CCN(Cc2ccc(C(=O)N[C@H](C)c3ccccc3)cc2)CC1. The first-order valence-corrected chi connectivity index (χ1v) is 11.2. The largest absolute Gasteiger partial charge is 0.495 e. The first-order chi connectivity index (χ1) is 15.6. The van der Waals surface area contributed by atoms with Crippen molar-refractivity contribution in [3.8, 4) is 5.75 Å². The van der Waals surface area contributed by atoms with Crippen molar-refractivity contribution in [2.45, 2.75) is 19.5 Å². The van der Waals surface area contributed by atoms with E-state index in [2.05, 4.69) is 39.4 Å². The molecule has 0 aromatic heterocycles. The second-order valence-electron chi connectivity index (χ2n) is 8.24. The minimum absolute atomic E-state index is 0.0251. The molecule has 1 atom stereocenters. The van der Waals surface area contributed by atoms with Crippen LogP contribution >= 0.6 is 0 Å². The molecule has 0 aliphatic carbocycles. The fraction of sp³-hybridized carbons (Fsp3) is 0.296. The lowest BCUT2D eigenvalue weighted by atomic mass is 10.1. The number of para-hydroxylation sites is 2. The first-order valence-electron chi connectivity index (χ1n) is 11.2. The van der Waals surface area contributed by atoms with Crippen molar-refractivity contribution in [2.24, 2.45) is 0 Å². The minimum atomic E-state index is -0.0432. The number of methoxy groups -OCH3 is 1. The molecule has 3 aromatic carbocycles. The van der Waals surface area contributed by atoms with Crippen molar-refractivity contribution in [3.63, 3.8) is 0 Å². The lowest BCUT2D eigenvalue weighted by Crippen LogP contribution is -2.46. The van der Waals surface area contributed by atoms with Gasteiger partial charge in [0.1, 0.15) is 5.75 Å². The number of benzene rings is 3. The van der Waals surface area contributed by atoms with Gasteiger partial charge in [-0.2, -0.15) is 0 Å². The van der Waals surface area contributed by atoms with Crippen LogP contribution in [0.25, 0.3) is 0 Å². The predicted octanol–water partition coefficient (Wildman–Crippen LogP) is 4.51. The van der Waals surface area contributed by atoms with Gasteiger partial charge in [0.2, 0.25) is 0 Å². The third-order valence-corrected chi connectivity index (χ3v) is 6.07. The van der Waals surface area contributed by atoms with E-state index in [1.807, 2.05) is 61.5 Å². The van der Waals surface area contributed by atoms with Gasteiger partial charge in [-0.15, -0.1) is 0 Å². The van der Waals surface area contributed by atoms with Gasteiger partial charge in [0, 0.05) is 38.3 Å². The van der Waals surface area contributed by atoms with E-state index in [1.165, 1.54) is 5.56 Å². The van der Waals surface area contributed by atoms with Crippen molar-refractivity contribution in [1.82, 2.24) is 10.2 Å². The molecule has 166 valence electrons. The van der Waals surface area contributed by atoms with Crippen molar-refractivity contribution >= 4 is 11.6 Å². The summed E-state index contributed by atoms with van der Waals surface area (Å²) >= 11 is 0. The van der Waals surface area contributed by atoms with Gasteiger partial charge < -0.3 is 15.0 Å². The quantitative estimate of drug-likeness (QED) is 0.600. The zero-order valence-electron chi connectivity index (χ0n) is 18.8. The molecular weight excluding hydrogens is 398 g/mol. The van der Waals surface area contributed by atoms with Crippen LogP contribution in [0.1, 0.15) is 34.5 Å². The third-order valence-electron chi connectivity index (χ3n) is 6.07. The molecule has 5 heteroatoms. The minimum Gasteiger partial charge on any atom is -0.495 e. The van der Waals surface area contributed by atoms with Crippen LogP contribution < -0.4 is 15.0 Å². The van der Waals surface area contributed by atoms with Gasteiger partial charge in [-0.3, -0.25) is 9.69 Å². The number of nitrogens with one attached hydrogen (secondary N) is 1. The number of amides is 1. The highest BCUT2D eigenvalue weighted by Gasteiger charge is 2.19. The maximum absolute atomic E-state index is 12.6. The van der Waals surface area contributed by atoms with Gasteiger partial charge in [-0.05, 0) is 42.3 Å². The summed E-state index contributed by atoms with van der Waals surface area (Å²) in [6.07, 6.45) is 0. The molecule has 5 nitrogen and oxygen atoms in total. The Morgan fingerprint density at radius 2 is 1.56 bits per heavy atom. The maximum atomic E-state index is 12.6. The van der Waals surface area contributed by atoms with Gasteiger partial charge in [-0.1, -0.05) is 54.6 Å². The molecule has 0 saturated carbocycles. The Kier molecular flexibility index (Phi) is 7.07. The van der Waals surface area contributed by atoms with Gasteiger partial charge in [0.15, 0.2) is 0 Å². The number of anilines is 1. The van der Waals surface area contributed by atoms with Gasteiger partial charge in [0.25, 0.3) is 5.91 Å². The second kappa shape index (κ2) is 10.3. The van der Waals surface area contributed by atoms with Crippen LogP contribution in [0, 0.1) is 0 Å². The molecular formula is C27H31N3O2. The van der Waals surface area contributed by atoms with Crippen LogP contribution in [-0.2, 0) is 6.54 Å². The molecule has 32 heavy (non-hydrogen) atoms. The summed E-state index contributed by atoms with van der Waals surface area (Å²) in [7, 11) is 1.72. The fourth-order valence-corrected chi connectivity index (χ4v) is 4.16. The van der Waals surface area contributed by atoms with Crippen LogP contribution in [0.5, 0.6) is 5.75 Å². The fourth-order valence-electron chi connectivity index (χ4n) is 4.16. The molecule has 0 bridgehead atoms. The van der Waals surface area contributed by atoms with Crippen molar-refractivity contribution in [1.29, 1.82) is 0 Å². The molecule has 0 spiro atoms. The van der Waals surface area contributed by atoms with E-state index in [1.54, 1.807) is 7.11 Å². The lowest BCUT2D eigenvalue weighted by Gasteiger charge is -2.36. The van der Waals surface area contributed by atoms with Gasteiger partial charge in [0.05, 0.1) is 18.8 Å². The number of ether oxygens (including phenoxy) is 1. The second-order valence-corrected chi connectivity index (χ2v) is 8.24. The van der Waals surface area contributed by atoms with E-state index in [4.69, 9.17) is 4.74 Å². The van der Waals surface area contributed by atoms with Crippen LogP contribution in [-0.4, -0.2) is 44.1 Å². The normalized spacial score (nSPS) is 15.2. The predicted molar refractivity (Wildman–Crippen MR) is 129 cm³/mol. The lowest BCUT2D eigenvalue weighted by molar-refractivity contribution is 0.0940. The number of hydrogen-bond acceptors (Lipinski definition) is 4. The zero-order valence-corrected chi connectivity index (χ0v) is 18.8. The Balaban J connectivity index is 1.29. The molecule has 1 fully saturated rings.